The molecule has 132 valence electrons. The number of pyridine rings is 2. The Morgan fingerprint density at radius 3 is 2.69 bits per heavy atom. The zero-order valence-electron chi connectivity index (χ0n) is 14.7. The Balaban J connectivity index is 1.53. The van der Waals surface area contributed by atoms with Gasteiger partial charge in [-0.2, -0.15) is 0 Å². The molecule has 0 aliphatic rings. The van der Waals surface area contributed by atoms with Crippen LogP contribution in [0.4, 0.5) is 5.69 Å². The number of anilines is 1. The molecule has 0 saturated heterocycles. The second-order valence-corrected chi connectivity index (χ2v) is 5.90. The number of ether oxygens (including phenoxy) is 1. The number of carbonyl (C=O) groups is 1. The maximum absolute atomic E-state index is 12.0. The number of carbonyl (C=O) groups excluding carboxylic acids is 1. The van der Waals surface area contributed by atoms with Crippen molar-refractivity contribution < 1.29 is 9.53 Å². The van der Waals surface area contributed by atoms with Gasteiger partial charge in [0, 0.05) is 24.9 Å². The molecule has 5 nitrogen and oxygen atoms in total. The molecular weight excluding hydrogens is 326 g/mol. The van der Waals surface area contributed by atoms with Crippen molar-refractivity contribution in [3.05, 3.63) is 78.2 Å². The molecule has 3 aromatic rings. The minimum atomic E-state index is -0.0556. The second-order valence-electron chi connectivity index (χ2n) is 5.90. The molecule has 0 fully saturated rings. The van der Waals surface area contributed by atoms with E-state index in [2.05, 4.69) is 28.3 Å². The van der Waals surface area contributed by atoms with E-state index in [-0.39, 0.29) is 5.91 Å². The van der Waals surface area contributed by atoms with Crippen molar-refractivity contribution >= 4 is 11.6 Å². The molecule has 1 N–H and O–H groups in total. The van der Waals surface area contributed by atoms with Gasteiger partial charge in [0.1, 0.15) is 5.75 Å². The summed E-state index contributed by atoms with van der Waals surface area (Å²) in [5.41, 5.74) is 2.90. The van der Waals surface area contributed by atoms with Crippen LogP contribution in [0, 0.1) is 0 Å². The van der Waals surface area contributed by atoms with E-state index in [1.807, 2.05) is 30.3 Å². The molecule has 0 aliphatic carbocycles. The first-order chi connectivity index (χ1) is 12.7. The first kappa shape index (κ1) is 17.6. The van der Waals surface area contributed by atoms with Gasteiger partial charge in [-0.1, -0.05) is 25.1 Å². The molecule has 0 saturated carbocycles. The van der Waals surface area contributed by atoms with Crippen molar-refractivity contribution in [2.45, 2.75) is 26.2 Å². The van der Waals surface area contributed by atoms with E-state index < -0.39 is 0 Å². The Morgan fingerprint density at radius 1 is 1.08 bits per heavy atom. The molecule has 0 atom stereocenters. The van der Waals surface area contributed by atoms with Crippen LogP contribution in [0.2, 0.25) is 0 Å². The predicted molar refractivity (Wildman–Crippen MR) is 101 cm³/mol. The quantitative estimate of drug-likeness (QED) is 0.688. The minimum Gasteiger partial charge on any atom is -0.439 e. The summed E-state index contributed by atoms with van der Waals surface area (Å²) in [5, 5.41) is 2.84. The third kappa shape index (κ3) is 5.14. The summed E-state index contributed by atoms with van der Waals surface area (Å²) in [4.78, 5) is 20.3. The van der Waals surface area contributed by atoms with Gasteiger partial charge in [-0.15, -0.1) is 0 Å². The molecule has 0 spiro atoms. The zero-order chi connectivity index (χ0) is 18.2. The third-order valence-corrected chi connectivity index (χ3v) is 3.91. The summed E-state index contributed by atoms with van der Waals surface area (Å²) in [7, 11) is 0. The normalized spacial score (nSPS) is 10.3. The molecule has 0 bridgehead atoms. The topological polar surface area (TPSA) is 64.1 Å². The summed E-state index contributed by atoms with van der Waals surface area (Å²) in [6.45, 7) is 2.10. The predicted octanol–water partition coefficient (Wildman–Crippen LogP) is 4.40. The number of hydrogen-bond donors (Lipinski definition) is 1. The Hall–Kier alpha value is -3.21. The highest BCUT2D eigenvalue weighted by Crippen LogP contribution is 2.21. The molecule has 3 rings (SSSR count). The van der Waals surface area contributed by atoms with Gasteiger partial charge in [-0.3, -0.25) is 9.78 Å². The SMILES string of the molecule is CCc1cccc(Oc2ccc(NC(=O)CCc3cccnc3)cn2)c1. The maximum atomic E-state index is 12.0. The number of benzene rings is 1. The van der Waals surface area contributed by atoms with Gasteiger partial charge >= 0.3 is 0 Å². The molecule has 0 aliphatic heterocycles. The average Bonchev–Trinajstić information content (AvgIpc) is 2.69. The van der Waals surface area contributed by atoms with Gasteiger partial charge in [0.2, 0.25) is 11.8 Å². The summed E-state index contributed by atoms with van der Waals surface area (Å²) in [5.74, 6) is 1.19. The van der Waals surface area contributed by atoms with Crippen molar-refractivity contribution in [1.82, 2.24) is 9.97 Å². The van der Waals surface area contributed by atoms with Crippen molar-refractivity contribution in [1.29, 1.82) is 0 Å². The lowest BCUT2D eigenvalue weighted by atomic mass is 10.1. The van der Waals surface area contributed by atoms with Crippen LogP contribution in [-0.4, -0.2) is 15.9 Å². The minimum absolute atomic E-state index is 0.0556. The highest BCUT2D eigenvalue weighted by molar-refractivity contribution is 5.90. The van der Waals surface area contributed by atoms with Crippen molar-refractivity contribution in [3.8, 4) is 11.6 Å². The molecule has 1 amide bonds. The number of amides is 1. The first-order valence-corrected chi connectivity index (χ1v) is 8.64. The average molecular weight is 347 g/mol. The van der Waals surface area contributed by atoms with Crippen LogP contribution in [0.5, 0.6) is 11.6 Å². The van der Waals surface area contributed by atoms with E-state index in [1.54, 1.807) is 30.7 Å². The number of aromatic nitrogens is 2. The fourth-order valence-corrected chi connectivity index (χ4v) is 2.49. The van der Waals surface area contributed by atoms with E-state index in [1.165, 1.54) is 5.56 Å². The molecule has 1 aromatic carbocycles. The molecule has 2 aromatic heterocycles. The fraction of sp³-hybridized carbons (Fsp3) is 0.190. The van der Waals surface area contributed by atoms with E-state index in [9.17, 15) is 4.79 Å². The number of nitrogens with zero attached hydrogens (tertiary/aromatic N) is 2. The summed E-state index contributed by atoms with van der Waals surface area (Å²) >= 11 is 0. The van der Waals surface area contributed by atoms with E-state index in [0.717, 1.165) is 17.7 Å². The maximum Gasteiger partial charge on any atom is 0.224 e. The van der Waals surface area contributed by atoms with Crippen LogP contribution < -0.4 is 10.1 Å². The standard InChI is InChI=1S/C21H21N3O2/c1-2-16-5-3-7-19(13-16)26-21-11-9-18(15-23-21)24-20(25)10-8-17-6-4-12-22-14-17/h3-7,9,11-15H,2,8,10H2,1H3,(H,24,25). The molecular formula is C21H21N3O2. The highest BCUT2D eigenvalue weighted by Gasteiger charge is 2.05. The molecule has 2 heterocycles. The van der Waals surface area contributed by atoms with Gasteiger partial charge < -0.3 is 10.1 Å². The number of aryl methyl sites for hydroxylation is 2. The van der Waals surface area contributed by atoms with E-state index >= 15 is 0 Å². The summed E-state index contributed by atoms with van der Waals surface area (Å²) in [6.07, 6.45) is 7.09. The zero-order valence-corrected chi connectivity index (χ0v) is 14.7. The number of nitrogens with one attached hydrogen (secondary N) is 1. The van der Waals surface area contributed by atoms with Gasteiger partial charge in [-0.05, 0) is 48.2 Å². The molecule has 0 unspecified atom stereocenters. The third-order valence-electron chi connectivity index (χ3n) is 3.91. The Labute approximate surface area is 153 Å². The molecule has 5 heteroatoms. The largest absolute Gasteiger partial charge is 0.439 e. The van der Waals surface area contributed by atoms with Crippen LogP contribution in [0.15, 0.2) is 67.1 Å². The smallest absolute Gasteiger partial charge is 0.224 e. The molecule has 26 heavy (non-hydrogen) atoms. The van der Waals surface area contributed by atoms with Gasteiger partial charge in [0.15, 0.2) is 0 Å². The van der Waals surface area contributed by atoms with Crippen molar-refractivity contribution in [2.24, 2.45) is 0 Å². The number of rotatable bonds is 7. The fourth-order valence-electron chi connectivity index (χ4n) is 2.49. The van der Waals surface area contributed by atoms with Crippen molar-refractivity contribution in [3.63, 3.8) is 0 Å². The Morgan fingerprint density at radius 2 is 1.96 bits per heavy atom. The van der Waals surface area contributed by atoms with E-state index in [0.29, 0.717) is 24.4 Å². The van der Waals surface area contributed by atoms with Gasteiger partial charge in [0.25, 0.3) is 0 Å². The van der Waals surface area contributed by atoms with Crippen LogP contribution >= 0.6 is 0 Å². The van der Waals surface area contributed by atoms with Crippen LogP contribution in [0.25, 0.3) is 0 Å². The lowest BCUT2D eigenvalue weighted by Gasteiger charge is -2.08. The molecule has 0 radical (unpaired) electrons. The van der Waals surface area contributed by atoms with Crippen LogP contribution in [0.3, 0.4) is 0 Å². The monoisotopic (exact) mass is 347 g/mol. The summed E-state index contributed by atoms with van der Waals surface area (Å²) < 4.78 is 5.76. The summed E-state index contributed by atoms with van der Waals surface area (Å²) in [6, 6.07) is 15.3. The Bertz CT molecular complexity index is 849. The number of hydrogen-bond acceptors (Lipinski definition) is 4. The lowest BCUT2D eigenvalue weighted by Crippen LogP contribution is -2.12. The first-order valence-electron chi connectivity index (χ1n) is 8.64. The second kappa shape index (κ2) is 8.76. The van der Waals surface area contributed by atoms with Gasteiger partial charge in [-0.25, -0.2) is 4.98 Å². The van der Waals surface area contributed by atoms with Crippen molar-refractivity contribution in [2.75, 3.05) is 5.32 Å². The van der Waals surface area contributed by atoms with Gasteiger partial charge in [0.05, 0.1) is 11.9 Å². The Kier molecular flexibility index (Phi) is 5.93. The van der Waals surface area contributed by atoms with Crippen LogP contribution in [0.1, 0.15) is 24.5 Å². The highest BCUT2D eigenvalue weighted by atomic mass is 16.5. The van der Waals surface area contributed by atoms with Crippen LogP contribution in [-0.2, 0) is 17.6 Å². The lowest BCUT2D eigenvalue weighted by molar-refractivity contribution is -0.116. The van der Waals surface area contributed by atoms with E-state index in [4.69, 9.17) is 4.74 Å².